The summed E-state index contributed by atoms with van der Waals surface area (Å²) in [6.07, 6.45) is 0.714. The molecular weight excluding hydrogens is 409 g/mol. The number of carbonyl (C=O) groups excluding carboxylic acids is 1. The third-order valence-corrected chi connectivity index (χ3v) is 5.03. The van der Waals surface area contributed by atoms with Gasteiger partial charge in [0.05, 0.1) is 16.7 Å². The van der Waals surface area contributed by atoms with Gasteiger partial charge in [-0.2, -0.15) is 0 Å². The fourth-order valence-corrected chi connectivity index (χ4v) is 3.28. The van der Waals surface area contributed by atoms with Gasteiger partial charge in [-0.1, -0.05) is 49.2 Å². The predicted molar refractivity (Wildman–Crippen MR) is 111 cm³/mol. The van der Waals surface area contributed by atoms with Crippen LogP contribution in [0.5, 0.6) is 11.5 Å². The van der Waals surface area contributed by atoms with Gasteiger partial charge in [-0.05, 0) is 41.8 Å². The Hall–Kier alpha value is -1.62. The molecule has 0 radical (unpaired) electrons. The molecule has 0 aliphatic rings. The van der Waals surface area contributed by atoms with Crippen molar-refractivity contribution in [3.05, 3.63) is 57.6 Å². The van der Waals surface area contributed by atoms with Crippen molar-refractivity contribution in [2.45, 2.75) is 25.7 Å². The summed E-state index contributed by atoms with van der Waals surface area (Å²) in [4.78, 5) is 10.8. The molecule has 0 heterocycles. The Balaban J connectivity index is 2.23. The van der Waals surface area contributed by atoms with Crippen molar-refractivity contribution in [3.63, 3.8) is 0 Å². The monoisotopic (exact) mass is 429 g/mol. The Morgan fingerprint density at radius 2 is 1.63 bits per heavy atom. The molecule has 0 unspecified atom stereocenters. The van der Waals surface area contributed by atoms with Crippen LogP contribution in [0.15, 0.2) is 36.4 Å². The molecule has 0 spiro atoms. The lowest BCUT2D eigenvalue weighted by Crippen LogP contribution is -2.20. The number of hydrogen-bond acceptors (Lipinski definition) is 3. The number of rotatable bonds is 9. The van der Waals surface area contributed by atoms with E-state index in [-0.39, 0.29) is 12.0 Å². The van der Waals surface area contributed by atoms with Crippen LogP contribution < -0.4 is 15.2 Å². The third-order valence-electron chi connectivity index (χ3n) is 4.20. The van der Waals surface area contributed by atoms with Crippen molar-refractivity contribution >= 4 is 40.7 Å². The van der Waals surface area contributed by atoms with E-state index in [0.29, 0.717) is 40.5 Å². The first kappa shape index (κ1) is 21.7. The van der Waals surface area contributed by atoms with Crippen LogP contribution in [0.4, 0.5) is 0 Å². The summed E-state index contributed by atoms with van der Waals surface area (Å²) in [5.74, 6) is 1.04. The number of hydrogen-bond donors (Lipinski definition) is 1. The first-order valence-electron chi connectivity index (χ1n) is 8.45. The van der Waals surface area contributed by atoms with Gasteiger partial charge in [0.25, 0.3) is 5.91 Å². The summed E-state index contributed by atoms with van der Waals surface area (Å²) in [7, 11) is 0. The van der Waals surface area contributed by atoms with E-state index >= 15 is 0 Å². The Morgan fingerprint density at radius 1 is 1.04 bits per heavy atom. The van der Waals surface area contributed by atoms with Gasteiger partial charge in [-0.25, -0.2) is 0 Å². The second-order valence-corrected chi connectivity index (χ2v) is 7.76. The van der Waals surface area contributed by atoms with Crippen molar-refractivity contribution in [2.75, 3.05) is 19.1 Å². The Kier molecular flexibility index (Phi) is 7.66. The minimum atomic E-state index is -0.517. The van der Waals surface area contributed by atoms with E-state index in [2.05, 4.69) is 13.8 Å². The molecule has 1 amide bonds. The van der Waals surface area contributed by atoms with E-state index < -0.39 is 5.91 Å². The van der Waals surface area contributed by atoms with Gasteiger partial charge in [-0.3, -0.25) is 4.79 Å². The van der Waals surface area contributed by atoms with E-state index in [1.165, 1.54) is 0 Å². The van der Waals surface area contributed by atoms with Gasteiger partial charge < -0.3 is 15.2 Å². The van der Waals surface area contributed by atoms with Gasteiger partial charge in [0, 0.05) is 11.3 Å². The number of alkyl halides is 1. The minimum absolute atomic E-state index is 0.154. The van der Waals surface area contributed by atoms with Crippen LogP contribution in [0.1, 0.15) is 31.4 Å². The Labute approximate surface area is 174 Å². The second-order valence-electron chi connectivity index (χ2n) is 6.56. The zero-order valence-electron chi connectivity index (χ0n) is 15.2. The first-order chi connectivity index (χ1) is 12.8. The zero-order valence-corrected chi connectivity index (χ0v) is 17.5. The number of primary amides is 1. The molecule has 0 aliphatic carbocycles. The predicted octanol–water partition coefficient (Wildman–Crippen LogP) is 5.19. The molecule has 0 aliphatic heterocycles. The molecule has 4 nitrogen and oxygen atoms in total. The molecule has 27 heavy (non-hydrogen) atoms. The van der Waals surface area contributed by atoms with Gasteiger partial charge in [0.2, 0.25) is 0 Å². The number of ether oxygens (including phenoxy) is 2. The maximum Gasteiger partial charge on any atom is 0.255 e. The van der Waals surface area contributed by atoms with E-state index in [0.717, 1.165) is 11.1 Å². The SMILES string of the molecule is CC(C)(c1ccc(OCC(N)=O)cc1)c1cc(Cl)c(OCCCCl)c(Cl)c1. The van der Waals surface area contributed by atoms with Crippen LogP contribution in [0, 0.1) is 0 Å². The molecule has 7 heteroatoms. The molecule has 146 valence electrons. The van der Waals surface area contributed by atoms with Crippen LogP contribution in [0.2, 0.25) is 10.0 Å². The maximum atomic E-state index is 10.8. The lowest BCUT2D eigenvalue weighted by atomic mass is 9.78. The number of amides is 1. The lowest BCUT2D eigenvalue weighted by molar-refractivity contribution is -0.119. The van der Waals surface area contributed by atoms with Crippen LogP contribution >= 0.6 is 34.8 Å². The highest BCUT2D eigenvalue weighted by Gasteiger charge is 2.25. The van der Waals surface area contributed by atoms with Crippen molar-refractivity contribution < 1.29 is 14.3 Å². The summed E-state index contributed by atoms with van der Waals surface area (Å²) in [5.41, 5.74) is 6.72. The van der Waals surface area contributed by atoms with E-state index in [4.69, 9.17) is 50.0 Å². The van der Waals surface area contributed by atoms with Gasteiger partial charge in [0.15, 0.2) is 12.4 Å². The fraction of sp³-hybridized carbons (Fsp3) is 0.350. The number of benzene rings is 2. The molecule has 2 aromatic carbocycles. The van der Waals surface area contributed by atoms with Crippen LogP contribution in [0.25, 0.3) is 0 Å². The average Bonchev–Trinajstić information content (AvgIpc) is 2.62. The Bertz CT molecular complexity index is 769. The normalized spacial score (nSPS) is 11.3. The molecule has 0 atom stereocenters. The minimum Gasteiger partial charge on any atom is -0.490 e. The van der Waals surface area contributed by atoms with Crippen molar-refractivity contribution in [3.8, 4) is 11.5 Å². The number of nitrogens with two attached hydrogens (primary N) is 1. The molecule has 2 aromatic rings. The van der Waals surface area contributed by atoms with Gasteiger partial charge >= 0.3 is 0 Å². The topological polar surface area (TPSA) is 61.5 Å². The smallest absolute Gasteiger partial charge is 0.255 e. The summed E-state index contributed by atoms with van der Waals surface area (Å²) in [6.45, 7) is 4.45. The third kappa shape index (κ3) is 5.68. The largest absolute Gasteiger partial charge is 0.490 e. The highest BCUT2D eigenvalue weighted by Crippen LogP contribution is 2.40. The highest BCUT2D eigenvalue weighted by molar-refractivity contribution is 6.37. The summed E-state index contributed by atoms with van der Waals surface area (Å²) in [5, 5.41) is 0.920. The standard InChI is InChI=1S/C20H22Cl3NO3/c1-20(2,13-4-6-15(7-5-13)27-12-18(24)25)14-10-16(22)19(17(23)11-14)26-9-3-8-21/h4-7,10-11H,3,8-9,12H2,1-2H3,(H2,24,25). The fourth-order valence-electron chi connectivity index (χ4n) is 2.58. The number of carbonyl (C=O) groups is 1. The second kappa shape index (κ2) is 9.54. The van der Waals surface area contributed by atoms with Gasteiger partial charge in [-0.15, -0.1) is 11.6 Å². The van der Waals surface area contributed by atoms with E-state index in [9.17, 15) is 4.79 Å². The van der Waals surface area contributed by atoms with Crippen LogP contribution in [-0.2, 0) is 10.2 Å². The lowest BCUT2D eigenvalue weighted by Gasteiger charge is -2.27. The quantitative estimate of drug-likeness (QED) is 0.440. The molecule has 0 saturated heterocycles. The zero-order chi connectivity index (χ0) is 20.0. The number of halogens is 3. The van der Waals surface area contributed by atoms with Crippen LogP contribution in [-0.4, -0.2) is 25.0 Å². The molecule has 2 rings (SSSR count). The highest BCUT2D eigenvalue weighted by atomic mass is 35.5. The Morgan fingerprint density at radius 3 is 2.15 bits per heavy atom. The van der Waals surface area contributed by atoms with E-state index in [1.807, 2.05) is 24.3 Å². The molecule has 0 aromatic heterocycles. The van der Waals surface area contributed by atoms with Crippen molar-refractivity contribution in [1.82, 2.24) is 0 Å². The molecular formula is C20H22Cl3NO3. The van der Waals surface area contributed by atoms with Crippen LogP contribution in [0.3, 0.4) is 0 Å². The maximum absolute atomic E-state index is 10.8. The summed E-state index contributed by atoms with van der Waals surface area (Å²) < 4.78 is 10.9. The van der Waals surface area contributed by atoms with E-state index in [1.54, 1.807) is 12.1 Å². The molecule has 0 fully saturated rings. The average molecular weight is 431 g/mol. The first-order valence-corrected chi connectivity index (χ1v) is 9.74. The summed E-state index contributed by atoms with van der Waals surface area (Å²) in [6, 6.07) is 11.2. The molecule has 0 bridgehead atoms. The van der Waals surface area contributed by atoms with Crippen molar-refractivity contribution in [2.24, 2.45) is 5.73 Å². The van der Waals surface area contributed by atoms with Crippen molar-refractivity contribution in [1.29, 1.82) is 0 Å². The molecule has 2 N–H and O–H groups in total. The molecule has 0 saturated carbocycles. The summed E-state index contributed by atoms with van der Waals surface area (Å²) >= 11 is 18.5. The van der Waals surface area contributed by atoms with Gasteiger partial charge in [0.1, 0.15) is 5.75 Å².